The molecule has 138 valence electrons. The number of aryl methyl sites for hydroxylation is 1. The third-order valence-electron chi connectivity index (χ3n) is 3.39. The molecule has 6 nitrogen and oxygen atoms in total. The number of carbonyl (C=O) groups excluding carboxylic acids is 2. The number of amides is 2. The highest BCUT2D eigenvalue weighted by atomic mass is 16.5. The fourth-order valence-electron chi connectivity index (χ4n) is 2.09. The van der Waals surface area contributed by atoms with Gasteiger partial charge in [-0.15, -0.1) is 0 Å². The predicted octanol–water partition coefficient (Wildman–Crippen LogP) is 3.36. The van der Waals surface area contributed by atoms with Crippen LogP contribution in [0.5, 0.6) is 17.2 Å². The molecule has 0 aliphatic heterocycles. The van der Waals surface area contributed by atoms with Crippen molar-refractivity contribution in [2.75, 3.05) is 6.61 Å². The largest absolute Gasteiger partial charge is 0.484 e. The first-order chi connectivity index (χ1) is 12.4. The number of hydrogen-bond donors (Lipinski definition) is 2. The molecule has 0 unspecified atom stereocenters. The normalized spacial score (nSPS) is 10.3. The summed E-state index contributed by atoms with van der Waals surface area (Å²) in [6, 6.07) is 14.7. The maximum Gasteiger partial charge on any atom is 0.276 e. The van der Waals surface area contributed by atoms with E-state index in [1.165, 1.54) is 5.56 Å². The van der Waals surface area contributed by atoms with Crippen LogP contribution in [0.15, 0.2) is 48.5 Å². The lowest BCUT2D eigenvalue weighted by Crippen LogP contribution is -2.44. The van der Waals surface area contributed by atoms with Crippen molar-refractivity contribution in [2.24, 2.45) is 5.92 Å². The van der Waals surface area contributed by atoms with Crippen LogP contribution in [0.1, 0.15) is 25.8 Å². The van der Waals surface area contributed by atoms with E-state index in [0.29, 0.717) is 17.9 Å². The Morgan fingerprint density at radius 2 is 1.35 bits per heavy atom. The quantitative estimate of drug-likeness (QED) is 0.746. The predicted molar refractivity (Wildman–Crippen MR) is 98.9 cm³/mol. The Hall–Kier alpha value is -3.02. The molecule has 0 saturated carbocycles. The van der Waals surface area contributed by atoms with Gasteiger partial charge in [-0.25, -0.2) is 0 Å². The molecule has 2 rings (SSSR count). The standard InChI is InChI=1S/C20H24N2O4/c1-14(2)12-19(23)21-22-20(24)13-25-16-8-10-18(11-9-16)26-17-6-4-15(3)5-7-17/h4-11,14H,12-13H2,1-3H3,(H,21,23)(H,22,24). The average Bonchev–Trinajstić information content (AvgIpc) is 2.61. The summed E-state index contributed by atoms with van der Waals surface area (Å²) in [5.41, 5.74) is 5.84. The number of hydrazine groups is 1. The molecule has 6 heteroatoms. The highest BCUT2D eigenvalue weighted by molar-refractivity contribution is 5.82. The highest BCUT2D eigenvalue weighted by Gasteiger charge is 2.07. The summed E-state index contributed by atoms with van der Waals surface area (Å²) in [6.45, 7) is 5.68. The fraction of sp³-hybridized carbons (Fsp3) is 0.300. The minimum absolute atomic E-state index is 0.194. The molecular weight excluding hydrogens is 332 g/mol. The van der Waals surface area contributed by atoms with Gasteiger partial charge in [0.1, 0.15) is 17.2 Å². The van der Waals surface area contributed by atoms with Crippen LogP contribution < -0.4 is 20.3 Å². The molecule has 2 aromatic rings. The molecule has 2 aromatic carbocycles. The van der Waals surface area contributed by atoms with Crippen molar-refractivity contribution in [3.8, 4) is 17.2 Å². The van der Waals surface area contributed by atoms with Crippen LogP contribution in [-0.4, -0.2) is 18.4 Å². The molecular formula is C20H24N2O4. The molecule has 0 spiro atoms. The second kappa shape index (κ2) is 9.46. The summed E-state index contributed by atoms with van der Waals surface area (Å²) in [5.74, 6) is 1.52. The first kappa shape index (κ1) is 19.3. The summed E-state index contributed by atoms with van der Waals surface area (Å²) in [7, 11) is 0. The lowest BCUT2D eigenvalue weighted by atomic mass is 10.1. The molecule has 0 radical (unpaired) electrons. The van der Waals surface area contributed by atoms with Gasteiger partial charge in [-0.1, -0.05) is 31.5 Å². The first-order valence-electron chi connectivity index (χ1n) is 8.47. The monoisotopic (exact) mass is 356 g/mol. The van der Waals surface area contributed by atoms with E-state index in [1.54, 1.807) is 24.3 Å². The molecule has 0 aliphatic rings. The Kier molecular flexibility index (Phi) is 7.02. The van der Waals surface area contributed by atoms with Gasteiger partial charge in [-0.2, -0.15) is 0 Å². The average molecular weight is 356 g/mol. The zero-order chi connectivity index (χ0) is 18.9. The van der Waals surface area contributed by atoms with Gasteiger partial charge >= 0.3 is 0 Å². The van der Waals surface area contributed by atoms with Gasteiger partial charge in [0.25, 0.3) is 5.91 Å². The van der Waals surface area contributed by atoms with Crippen LogP contribution in [0.25, 0.3) is 0 Å². The summed E-state index contributed by atoms with van der Waals surface area (Å²) in [6.07, 6.45) is 0.351. The molecule has 0 saturated heterocycles. The Bertz CT molecular complexity index is 724. The lowest BCUT2D eigenvalue weighted by Gasteiger charge is -2.10. The Labute approximate surface area is 153 Å². The zero-order valence-electron chi connectivity index (χ0n) is 15.2. The van der Waals surface area contributed by atoms with E-state index in [0.717, 1.165) is 5.75 Å². The van der Waals surface area contributed by atoms with Crippen LogP contribution in [0.4, 0.5) is 0 Å². The van der Waals surface area contributed by atoms with Crippen molar-refractivity contribution in [2.45, 2.75) is 27.2 Å². The third kappa shape index (κ3) is 6.84. The maximum absolute atomic E-state index is 11.7. The van der Waals surface area contributed by atoms with Gasteiger partial charge in [-0.05, 0) is 49.2 Å². The van der Waals surface area contributed by atoms with Crippen molar-refractivity contribution < 1.29 is 19.1 Å². The van der Waals surface area contributed by atoms with Crippen LogP contribution in [0, 0.1) is 12.8 Å². The minimum atomic E-state index is -0.429. The summed E-state index contributed by atoms with van der Waals surface area (Å²) in [5, 5.41) is 0. The van der Waals surface area contributed by atoms with E-state index in [2.05, 4.69) is 10.9 Å². The maximum atomic E-state index is 11.7. The molecule has 0 fully saturated rings. The number of carbonyl (C=O) groups is 2. The fourth-order valence-corrected chi connectivity index (χ4v) is 2.09. The minimum Gasteiger partial charge on any atom is -0.484 e. The second-order valence-corrected chi connectivity index (χ2v) is 6.37. The van der Waals surface area contributed by atoms with E-state index >= 15 is 0 Å². The van der Waals surface area contributed by atoms with E-state index in [1.807, 2.05) is 45.0 Å². The number of nitrogens with one attached hydrogen (secondary N) is 2. The van der Waals surface area contributed by atoms with Crippen LogP contribution in [0.2, 0.25) is 0 Å². The topological polar surface area (TPSA) is 76.7 Å². The van der Waals surface area contributed by atoms with Crippen molar-refractivity contribution in [3.05, 3.63) is 54.1 Å². The number of ether oxygens (including phenoxy) is 2. The number of rotatable bonds is 7. The molecule has 2 amide bonds. The molecule has 2 N–H and O–H groups in total. The summed E-state index contributed by atoms with van der Waals surface area (Å²) < 4.78 is 11.1. The van der Waals surface area contributed by atoms with Gasteiger partial charge < -0.3 is 9.47 Å². The highest BCUT2D eigenvalue weighted by Crippen LogP contribution is 2.24. The van der Waals surface area contributed by atoms with Crippen molar-refractivity contribution >= 4 is 11.8 Å². The lowest BCUT2D eigenvalue weighted by molar-refractivity contribution is -0.130. The van der Waals surface area contributed by atoms with E-state index < -0.39 is 5.91 Å². The Morgan fingerprint density at radius 3 is 1.92 bits per heavy atom. The Balaban J connectivity index is 1.75. The molecule has 26 heavy (non-hydrogen) atoms. The molecule has 0 aliphatic carbocycles. The number of benzene rings is 2. The first-order valence-corrected chi connectivity index (χ1v) is 8.47. The molecule has 0 heterocycles. The van der Waals surface area contributed by atoms with Gasteiger partial charge in [0.05, 0.1) is 0 Å². The van der Waals surface area contributed by atoms with Crippen molar-refractivity contribution in [3.63, 3.8) is 0 Å². The summed E-state index contributed by atoms with van der Waals surface area (Å²) in [4.78, 5) is 23.1. The smallest absolute Gasteiger partial charge is 0.276 e. The Morgan fingerprint density at radius 1 is 0.846 bits per heavy atom. The van der Waals surface area contributed by atoms with Gasteiger partial charge in [0.15, 0.2) is 6.61 Å². The number of hydrogen-bond acceptors (Lipinski definition) is 4. The van der Waals surface area contributed by atoms with Gasteiger partial charge in [0, 0.05) is 6.42 Å². The zero-order valence-corrected chi connectivity index (χ0v) is 15.2. The SMILES string of the molecule is Cc1ccc(Oc2ccc(OCC(=O)NNC(=O)CC(C)C)cc2)cc1. The van der Waals surface area contributed by atoms with E-state index in [9.17, 15) is 9.59 Å². The van der Waals surface area contributed by atoms with E-state index in [-0.39, 0.29) is 18.4 Å². The van der Waals surface area contributed by atoms with Gasteiger partial charge in [0.2, 0.25) is 5.91 Å². The third-order valence-corrected chi connectivity index (χ3v) is 3.39. The van der Waals surface area contributed by atoms with Crippen LogP contribution >= 0.6 is 0 Å². The molecule has 0 bridgehead atoms. The summed E-state index contributed by atoms with van der Waals surface area (Å²) >= 11 is 0. The second-order valence-electron chi connectivity index (χ2n) is 6.37. The van der Waals surface area contributed by atoms with Crippen LogP contribution in [-0.2, 0) is 9.59 Å². The molecule has 0 atom stereocenters. The van der Waals surface area contributed by atoms with Crippen molar-refractivity contribution in [1.29, 1.82) is 0 Å². The van der Waals surface area contributed by atoms with Crippen LogP contribution in [0.3, 0.4) is 0 Å². The van der Waals surface area contributed by atoms with Gasteiger partial charge in [-0.3, -0.25) is 20.4 Å². The molecule has 0 aromatic heterocycles. The van der Waals surface area contributed by atoms with E-state index in [4.69, 9.17) is 9.47 Å². The van der Waals surface area contributed by atoms with Crippen molar-refractivity contribution in [1.82, 2.24) is 10.9 Å².